The van der Waals surface area contributed by atoms with Gasteiger partial charge in [0.15, 0.2) is 6.10 Å². The van der Waals surface area contributed by atoms with Crippen LogP contribution in [0.2, 0.25) is 0 Å². The Morgan fingerprint density at radius 1 is 0.717 bits per heavy atom. The fourth-order valence-corrected chi connectivity index (χ4v) is 4.83. The number of phosphoric acid groups is 1. The van der Waals surface area contributed by atoms with Crippen LogP contribution < -0.4 is 0 Å². The van der Waals surface area contributed by atoms with Crippen LogP contribution in [0.25, 0.3) is 0 Å². The number of aliphatic hydroxyl groups excluding tert-OH is 1. The molecular weight excluding hydrogens is 607 g/mol. The molecule has 0 bridgehead atoms. The van der Waals surface area contributed by atoms with Gasteiger partial charge in [-0.05, 0) is 57.3 Å². The summed E-state index contributed by atoms with van der Waals surface area (Å²) in [4.78, 5) is 42.5. The van der Waals surface area contributed by atoms with Crippen molar-refractivity contribution in [3.8, 4) is 0 Å². The monoisotopic (exact) mass is 670 g/mol. The van der Waals surface area contributed by atoms with Gasteiger partial charge in [0.1, 0.15) is 6.61 Å². The average Bonchev–Trinajstić information content (AvgIpc) is 3.01. The SMILES string of the molecule is CCCC(O)C/C=C\C/C=C\C/C=C\C/C=C\CCCC(=O)O[C@H](COC(=O)CCCCCCCCC(C)CC)COP(=O)(O)O. The Hall–Kier alpha value is -2.03. The first-order valence-electron chi connectivity index (χ1n) is 17.4. The lowest BCUT2D eigenvalue weighted by Crippen LogP contribution is -2.29. The third-order valence-electron chi connectivity index (χ3n) is 7.45. The smallest absolute Gasteiger partial charge is 0.462 e. The van der Waals surface area contributed by atoms with E-state index in [0.717, 1.165) is 57.3 Å². The Morgan fingerprint density at radius 2 is 1.28 bits per heavy atom. The van der Waals surface area contributed by atoms with Gasteiger partial charge in [-0.1, -0.05) is 121 Å². The lowest BCUT2D eigenvalue weighted by Gasteiger charge is -2.18. The predicted octanol–water partition coefficient (Wildman–Crippen LogP) is 8.83. The Morgan fingerprint density at radius 3 is 1.89 bits per heavy atom. The summed E-state index contributed by atoms with van der Waals surface area (Å²) in [6, 6.07) is 0. The minimum Gasteiger partial charge on any atom is -0.462 e. The molecule has 3 N–H and O–H groups in total. The van der Waals surface area contributed by atoms with E-state index in [1.54, 1.807) is 0 Å². The van der Waals surface area contributed by atoms with Gasteiger partial charge in [0.05, 0.1) is 12.7 Å². The van der Waals surface area contributed by atoms with Crippen LogP contribution in [-0.4, -0.2) is 52.3 Å². The van der Waals surface area contributed by atoms with Gasteiger partial charge in [0.2, 0.25) is 0 Å². The van der Waals surface area contributed by atoms with E-state index < -0.39 is 32.5 Å². The summed E-state index contributed by atoms with van der Waals surface area (Å²) >= 11 is 0. The molecule has 0 fully saturated rings. The zero-order valence-corrected chi connectivity index (χ0v) is 29.6. The lowest BCUT2D eigenvalue weighted by molar-refractivity contribution is -0.161. The highest BCUT2D eigenvalue weighted by molar-refractivity contribution is 7.46. The van der Waals surface area contributed by atoms with Gasteiger partial charge in [-0.2, -0.15) is 0 Å². The molecule has 0 radical (unpaired) electrons. The molecule has 10 heteroatoms. The maximum Gasteiger partial charge on any atom is 0.469 e. The Labute approximate surface area is 278 Å². The van der Waals surface area contributed by atoms with Crippen molar-refractivity contribution >= 4 is 19.8 Å². The van der Waals surface area contributed by atoms with Crippen LogP contribution in [-0.2, 0) is 28.2 Å². The molecular formula is C36H63O9P. The van der Waals surface area contributed by atoms with Crippen LogP contribution in [0.5, 0.6) is 0 Å². The van der Waals surface area contributed by atoms with Gasteiger partial charge in [-0.25, -0.2) is 4.57 Å². The highest BCUT2D eigenvalue weighted by Gasteiger charge is 2.22. The average molecular weight is 671 g/mol. The van der Waals surface area contributed by atoms with E-state index >= 15 is 0 Å². The molecule has 0 aliphatic carbocycles. The number of rotatable bonds is 30. The van der Waals surface area contributed by atoms with Crippen molar-refractivity contribution in [1.82, 2.24) is 0 Å². The number of esters is 2. The number of phosphoric ester groups is 1. The number of ether oxygens (including phenoxy) is 2. The zero-order valence-electron chi connectivity index (χ0n) is 28.7. The van der Waals surface area contributed by atoms with Crippen molar-refractivity contribution in [3.05, 3.63) is 48.6 Å². The molecule has 266 valence electrons. The predicted molar refractivity (Wildman–Crippen MR) is 185 cm³/mol. The third kappa shape index (κ3) is 31.9. The molecule has 0 rings (SSSR count). The maximum atomic E-state index is 12.3. The summed E-state index contributed by atoms with van der Waals surface area (Å²) in [5, 5.41) is 9.68. The quantitative estimate of drug-likeness (QED) is 0.0296. The number of allylic oxidation sites excluding steroid dienone is 7. The molecule has 0 aromatic carbocycles. The van der Waals surface area contributed by atoms with E-state index in [9.17, 15) is 19.3 Å². The van der Waals surface area contributed by atoms with E-state index in [1.165, 1.54) is 25.7 Å². The number of carbonyl (C=O) groups excluding carboxylic acids is 2. The molecule has 2 unspecified atom stereocenters. The normalized spacial score (nSPS) is 14.5. The molecule has 0 saturated carbocycles. The van der Waals surface area contributed by atoms with E-state index in [-0.39, 0.29) is 25.6 Å². The number of hydrogen-bond donors (Lipinski definition) is 3. The van der Waals surface area contributed by atoms with Gasteiger partial charge < -0.3 is 24.4 Å². The fourth-order valence-electron chi connectivity index (χ4n) is 4.47. The second-order valence-corrected chi connectivity index (χ2v) is 13.2. The first kappa shape index (κ1) is 44.0. The molecule has 0 aliphatic heterocycles. The molecule has 0 aliphatic rings. The van der Waals surface area contributed by atoms with Crippen LogP contribution in [0.4, 0.5) is 0 Å². The molecule has 0 aromatic heterocycles. The van der Waals surface area contributed by atoms with E-state index in [2.05, 4.69) is 55.7 Å². The zero-order chi connectivity index (χ0) is 34.3. The van der Waals surface area contributed by atoms with Crippen molar-refractivity contribution in [2.75, 3.05) is 13.2 Å². The molecule has 0 aromatic rings. The fraction of sp³-hybridized carbons (Fsp3) is 0.722. The van der Waals surface area contributed by atoms with Gasteiger partial charge in [0, 0.05) is 12.8 Å². The topological polar surface area (TPSA) is 140 Å². The molecule has 9 nitrogen and oxygen atoms in total. The van der Waals surface area contributed by atoms with E-state index in [1.807, 2.05) is 18.2 Å². The second kappa shape index (κ2) is 30.3. The van der Waals surface area contributed by atoms with Gasteiger partial charge in [0.25, 0.3) is 0 Å². The molecule has 0 amide bonds. The van der Waals surface area contributed by atoms with Crippen LogP contribution >= 0.6 is 7.82 Å². The van der Waals surface area contributed by atoms with Gasteiger partial charge >= 0.3 is 19.8 Å². The first-order valence-corrected chi connectivity index (χ1v) is 18.9. The minimum absolute atomic E-state index is 0.120. The Balaban J connectivity index is 4.17. The van der Waals surface area contributed by atoms with Crippen LogP contribution in [0.15, 0.2) is 48.6 Å². The summed E-state index contributed by atoms with van der Waals surface area (Å²) in [6.45, 7) is 5.68. The highest BCUT2D eigenvalue weighted by Crippen LogP contribution is 2.35. The Kier molecular flexibility index (Phi) is 29.0. The van der Waals surface area contributed by atoms with Gasteiger partial charge in [-0.15, -0.1) is 0 Å². The molecule has 0 spiro atoms. The van der Waals surface area contributed by atoms with E-state index in [0.29, 0.717) is 25.7 Å². The standard InChI is InChI=1S/C36H63O9P/c1-4-25-33(37)27-22-18-13-11-9-7-6-8-10-12-14-20-24-29-36(39)45-34(31-44-46(40,41)42)30-43-35(38)28-23-19-16-15-17-21-26-32(3)5-2/h6,8-9,11-12,14,18,22,32-34,37H,4-5,7,10,13,15-17,19-21,23-31H2,1-3H3,(H2,40,41,42)/b8-6-,11-9-,14-12-,22-18-/t32?,33?,34-/m1/s1. The second-order valence-electron chi connectivity index (χ2n) is 11.9. The number of unbranched alkanes of at least 4 members (excludes halogenated alkanes) is 6. The van der Waals surface area contributed by atoms with Gasteiger partial charge in [-0.3, -0.25) is 14.1 Å². The Bertz CT molecular complexity index is 922. The van der Waals surface area contributed by atoms with Crippen LogP contribution in [0.1, 0.15) is 136 Å². The summed E-state index contributed by atoms with van der Waals surface area (Å²) < 4.78 is 26.1. The summed E-state index contributed by atoms with van der Waals surface area (Å²) in [6.07, 6.45) is 30.6. The van der Waals surface area contributed by atoms with Crippen LogP contribution in [0, 0.1) is 5.92 Å². The summed E-state index contributed by atoms with van der Waals surface area (Å²) in [5.41, 5.74) is 0. The third-order valence-corrected chi connectivity index (χ3v) is 7.93. The molecule has 0 heterocycles. The number of aliphatic hydroxyl groups is 1. The van der Waals surface area contributed by atoms with Crippen molar-refractivity contribution < 1.29 is 43.0 Å². The summed E-state index contributed by atoms with van der Waals surface area (Å²) in [7, 11) is -4.77. The van der Waals surface area contributed by atoms with Crippen LogP contribution in [0.3, 0.4) is 0 Å². The largest absolute Gasteiger partial charge is 0.469 e. The maximum absolute atomic E-state index is 12.3. The minimum atomic E-state index is -4.77. The van der Waals surface area contributed by atoms with E-state index in [4.69, 9.17) is 19.3 Å². The molecule has 0 saturated heterocycles. The highest BCUT2D eigenvalue weighted by atomic mass is 31.2. The van der Waals surface area contributed by atoms with Crippen molar-refractivity contribution in [3.63, 3.8) is 0 Å². The van der Waals surface area contributed by atoms with Crippen molar-refractivity contribution in [1.29, 1.82) is 0 Å². The molecule has 3 atom stereocenters. The van der Waals surface area contributed by atoms with Crippen molar-refractivity contribution in [2.45, 2.75) is 149 Å². The summed E-state index contributed by atoms with van der Waals surface area (Å²) in [5.74, 6) is -0.201. The number of carbonyl (C=O) groups is 2. The lowest BCUT2D eigenvalue weighted by atomic mass is 10.00. The molecule has 46 heavy (non-hydrogen) atoms. The first-order chi connectivity index (χ1) is 22.1. The number of hydrogen-bond acceptors (Lipinski definition) is 7. The van der Waals surface area contributed by atoms with Crippen molar-refractivity contribution in [2.24, 2.45) is 5.92 Å².